The molecule has 1 aromatic heterocycles. The lowest BCUT2D eigenvalue weighted by atomic mass is 9.82. The summed E-state index contributed by atoms with van der Waals surface area (Å²) in [5.41, 5.74) is 2.91. The fourth-order valence-corrected chi connectivity index (χ4v) is 3.89. The zero-order chi connectivity index (χ0) is 18.3. The van der Waals surface area contributed by atoms with Crippen molar-refractivity contribution in [3.05, 3.63) is 71.4 Å². The molecular weight excluding hydrogens is 322 g/mol. The Morgan fingerprint density at radius 1 is 1.08 bits per heavy atom. The highest BCUT2D eigenvalue weighted by Crippen LogP contribution is 2.32. The third kappa shape index (κ3) is 3.08. The van der Waals surface area contributed by atoms with Gasteiger partial charge < -0.3 is 10.2 Å². The van der Waals surface area contributed by atoms with Crippen LogP contribution < -0.4 is 5.32 Å². The second kappa shape index (κ2) is 6.22. The Balaban J connectivity index is 1.61. The van der Waals surface area contributed by atoms with Crippen LogP contribution in [-0.4, -0.2) is 29.4 Å². The molecule has 0 saturated heterocycles. The predicted octanol–water partition coefficient (Wildman–Crippen LogP) is 4.21. The molecule has 4 nitrogen and oxygen atoms in total. The van der Waals surface area contributed by atoms with Crippen molar-refractivity contribution in [3.8, 4) is 0 Å². The van der Waals surface area contributed by atoms with Crippen LogP contribution in [-0.2, 0) is 12.0 Å². The van der Waals surface area contributed by atoms with E-state index in [0.717, 1.165) is 29.6 Å². The standard InChI is InChI=1S/C22H23N3O/c1-22(2)14-25(3)13-18-10-11-19(23-20(18)22)24-21(26)17-9-8-15-6-4-5-7-16(15)12-17/h4-12H,13-14H2,1-3H3,(H,23,24,26). The number of carbonyl (C=O) groups excluding carboxylic acids is 1. The maximum atomic E-state index is 12.7. The number of anilines is 1. The summed E-state index contributed by atoms with van der Waals surface area (Å²) in [6.45, 7) is 6.24. The summed E-state index contributed by atoms with van der Waals surface area (Å²) >= 11 is 0. The molecule has 1 aliphatic rings. The largest absolute Gasteiger partial charge is 0.307 e. The van der Waals surface area contributed by atoms with Gasteiger partial charge in [-0.1, -0.05) is 50.2 Å². The van der Waals surface area contributed by atoms with Crippen molar-refractivity contribution in [1.82, 2.24) is 9.88 Å². The average Bonchev–Trinajstić information content (AvgIpc) is 2.61. The quantitative estimate of drug-likeness (QED) is 0.757. The molecule has 1 aliphatic heterocycles. The number of benzene rings is 2. The smallest absolute Gasteiger partial charge is 0.256 e. The van der Waals surface area contributed by atoms with Gasteiger partial charge >= 0.3 is 0 Å². The van der Waals surface area contributed by atoms with Gasteiger partial charge in [-0.2, -0.15) is 0 Å². The van der Waals surface area contributed by atoms with Crippen molar-refractivity contribution in [3.63, 3.8) is 0 Å². The van der Waals surface area contributed by atoms with Crippen LogP contribution in [0.4, 0.5) is 5.82 Å². The van der Waals surface area contributed by atoms with E-state index < -0.39 is 0 Å². The molecule has 0 saturated carbocycles. The zero-order valence-electron chi connectivity index (χ0n) is 15.4. The highest BCUT2D eigenvalue weighted by molar-refractivity contribution is 6.06. The van der Waals surface area contributed by atoms with E-state index in [4.69, 9.17) is 4.98 Å². The van der Waals surface area contributed by atoms with Gasteiger partial charge in [0.1, 0.15) is 5.82 Å². The minimum atomic E-state index is -0.131. The Morgan fingerprint density at radius 2 is 1.85 bits per heavy atom. The summed E-state index contributed by atoms with van der Waals surface area (Å²) in [5, 5.41) is 5.14. The van der Waals surface area contributed by atoms with Gasteiger partial charge in [0, 0.05) is 24.1 Å². The van der Waals surface area contributed by atoms with Gasteiger partial charge in [0.05, 0.1) is 5.69 Å². The molecule has 4 rings (SSSR count). The highest BCUT2D eigenvalue weighted by Gasteiger charge is 2.31. The van der Waals surface area contributed by atoms with Crippen LogP contribution in [0.2, 0.25) is 0 Å². The number of amides is 1. The van der Waals surface area contributed by atoms with Gasteiger partial charge in [-0.3, -0.25) is 4.79 Å². The molecular formula is C22H23N3O. The number of hydrogen-bond donors (Lipinski definition) is 1. The Morgan fingerprint density at radius 3 is 2.65 bits per heavy atom. The lowest BCUT2D eigenvalue weighted by molar-refractivity contribution is 0.102. The number of hydrogen-bond acceptors (Lipinski definition) is 3. The third-order valence-electron chi connectivity index (χ3n) is 4.98. The van der Waals surface area contributed by atoms with E-state index in [-0.39, 0.29) is 11.3 Å². The molecule has 1 amide bonds. The van der Waals surface area contributed by atoms with Crippen molar-refractivity contribution in [1.29, 1.82) is 0 Å². The van der Waals surface area contributed by atoms with Gasteiger partial charge in [-0.25, -0.2) is 4.98 Å². The normalized spacial score (nSPS) is 16.3. The Kier molecular flexibility index (Phi) is 4.00. The summed E-state index contributed by atoms with van der Waals surface area (Å²) < 4.78 is 0. The van der Waals surface area contributed by atoms with Crippen LogP contribution >= 0.6 is 0 Å². The van der Waals surface area contributed by atoms with E-state index in [2.05, 4.69) is 37.2 Å². The maximum Gasteiger partial charge on any atom is 0.256 e. The molecule has 0 unspecified atom stereocenters. The Bertz CT molecular complexity index is 994. The minimum absolute atomic E-state index is 0.0357. The number of pyridine rings is 1. The number of nitrogens with zero attached hydrogens (tertiary/aromatic N) is 2. The first-order valence-electron chi connectivity index (χ1n) is 8.91. The van der Waals surface area contributed by atoms with E-state index in [0.29, 0.717) is 11.4 Å². The second-order valence-corrected chi connectivity index (χ2v) is 7.78. The molecule has 4 heteroatoms. The van der Waals surface area contributed by atoms with Crippen molar-refractivity contribution in [2.75, 3.05) is 18.9 Å². The number of aromatic nitrogens is 1. The number of rotatable bonds is 2. The van der Waals surface area contributed by atoms with Crippen LogP contribution in [0.1, 0.15) is 35.5 Å². The Hall–Kier alpha value is -2.72. The van der Waals surface area contributed by atoms with Crippen molar-refractivity contribution < 1.29 is 4.79 Å². The lowest BCUT2D eigenvalue weighted by Gasteiger charge is -2.37. The molecule has 0 spiro atoms. The molecule has 0 aliphatic carbocycles. The molecule has 132 valence electrons. The molecule has 0 bridgehead atoms. The molecule has 3 aromatic rings. The van der Waals surface area contributed by atoms with Crippen LogP contribution in [0.15, 0.2) is 54.6 Å². The topological polar surface area (TPSA) is 45.2 Å². The SMILES string of the molecule is CN1Cc2ccc(NC(=O)c3ccc4ccccc4c3)nc2C(C)(C)C1. The molecule has 2 heterocycles. The summed E-state index contributed by atoms with van der Waals surface area (Å²) in [4.78, 5) is 19.8. The summed E-state index contributed by atoms with van der Waals surface area (Å²) in [5.74, 6) is 0.480. The first-order chi connectivity index (χ1) is 12.4. The van der Waals surface area contributed by atoms with Gasteiger partial charge in [0.25, 0.3) is 5.91 Å². The van der Waals surface area contributed by atoms with Crippen molar-refractivity contribution in [2.24, 2.45) is 0 Å². The summed E-state index contributed by atoms with van der Waals surface area (Å²) in [6.07, 6.45) is 0. The van der Waals surface area contributed by atoms with Crippen LogP contribution in [0.5, 0.6) is 0 Å². The molecule has 0 fully saturated rings. The van der Waals surface area contributed by atoms with E-state index in [1.165, 1.54) is 5.56 Å². The number of nitrogens with one attached hydrogen (secondary N) is 1. The van der Waals surface area contributed by atoms with Crippen molar-refractivity contribution in [2.45, 2.75) is 25.8 Å². The second-order valence-electron chi connectivity index (χ2n) is 7.78. The molecule has 2 aromatic carbocycles. The van der Waals surface area contributed by atoms with Gasteiger partial charge in [0.15, 0.2) is 0 Å². The molecule has 0 radical (unpaired) electrons. The summed E-state index contributed by atoms with van der Waals surface area (Å²) in [7, 11) is 2.13. The number of carbonyl (C=O) groups is 1. The van der Waals surface area contributed by atoms with Gasteiger partial charge in [0.2, 0.25) is 0 Å². The monoisotopic (exact) mass is 345 g/mol. The first kappa shape index (κ1) is 16.7. The average molecular weight is 345 g/mol. The lowest BCUT2D eigenvalue weighted by Crippen LogP contribution is -2.40. The first-order valence-corrected chi connectivity index (χ1v) is 8.91. The van der Waals surface area contributed by atoms with E-state index in [1.807, 2.05) is 48.5 Å². The van der Waals surface area contributed by atoms with Crippen LogP contribution in [0, 0.1) is 0 Å². The zero-order valence-corrected chi connectivity index (χ0v) is 15.4. The summed E-state index contributed by atoms with van der Waals surface area (Å²) in [6, 6.07) is 17.8. The third-order valence-corrected chi connectivity index (χ3v) is 4.98. The Labute approximate surface area is 153 Å². The molecule has 0 atom stereocenters. The van der Waals surface area contributed by atoms with Crippen molar-refractivity contribution >= 4 is 22.5 Å². The van der Waals surface area contributed by atoms with Gasteiger partial charge in [-0.15, -0.1) is 0 Å². The fourth-order valence-electron chi connectivity index (χ4n) is 3.89. The van der Waals surface area contributed by atoms with Crippen LogP contribution in [0.3, 0.4) is 0 Å². The molecule has 26 heavy (non-hydrogen) atoms. The van der Waals surface area contributed by atoms with E-state index >= 15 is 0 Å². The maximum absolute atomic E-state index is 12.7. The number of fused-ring (bicyclic) bond motifs is 2. The van der Waals surface area contributed by atoms with E-state index in [1.54, 1.807) is 0 Å². The van der Waals surface area contributed by atoms with Crippen LogP contribution in [0.25, 0.3) is 10.8 Å². The highest BCUT2D eigenvalue weighted by atomic mass is 16.1. The van der Waals surface area contributed by atoms with E-state index in [9.17, 15) is 4.79 Å². The molecule has 1 N–H and O–H groups in total. The van der Waals surface area contributed by atoms with Gasteiger partial charge in [-0.05, 0) is 41.6 Å². The minimum Gasteiger partial charge on any atom is -0.307 e. The number of likely N-dealkylation sites (N-methyl/N-ethyl adjacent to an activating group) is 1. The predicted molar refractivity (Wildman–Crippen MR) is 105 cm³/mol. The fraction of sp³-hybridized carbons (Fsp3) is 0.273.